The fraction of sp³-hybridized carbons (Fsp3) is 0.263. The minimum absolute atomic E-state index is 0.0837. The van der Waals surface area contributed by atoms with Crippen molar-refractivity contribution in [1.29, 1.82) is 0 Å². The maximum Gasteiger partial charge on any atom is 0.405 e. The van der Waals surface area contributed by atoms with Crippen LogP contribution in [0.1, 0.15) is 15.9 Å². The van der Waals surface area contributed by atoms with Crippen molar-refractivity contribution < 1.29 is 31.9 Å². The van der Waals surface area contributed by atoms with Gasteiger partial charge in [0.05, 0.1) is 19.3 Å². The Morgan fingerprint density at radius 2 is 1.83 bits per heavy atom. The Morgan fingerprint density at radius 1 is 1.13 bits per heavy atom. The summed E-state index contributed by atoms with van der Waals surface area (Å²) in [5.74, 6) is -2.06. The molecule has 0 atom stereocenters. The summed E-state index contributed by atoms with van der Waals surface area (Å²) in [4.78, 5) is 24.1. The number of benzene rings is 2. The Bertz CT molecular complexity index is 951. The van der Waals surface area contributed by atoms with E-state index in [0.29, 0.717) is 16.5 Å². The first kappa shape index (κ1) is 23.3. The van der Waals surface area contributed by atoms with Crippen molar-refractivity contribution in [2.45, 2.75) is 13.1 Å². The summed E-state index contributed by atoms with van der Waals surface area (Å²) in [6, 6.07) is 6.61. The molecule has 2 aromatic carbocycles. The van der Waals surface area contributed by atoms with Gasteiger partial charge in [0.2, 0.25) is 5.91 Å². The van der Waals surface area contributed by atoms with Crippen molar-refractivity contribution >= 4 is 34.8 Å². The summed E-state index contributed by atoms with van der Waals surface area (Å²) in [5.41, 5.74) is 0.178. The highest BCUT2D eigenvalue weighted by atomic mass is 35.5. The van der Waals surface area contributed by atoms with Gasteiger partial charge in [-0.25, -0.2) is 4.39 Å². The monoisotopic (exact) mass is 447 g/mol. The molecule has 2 amide bonds. The molecular weight excluding hydrogens is 430 g/mol. The normalized spacial score (nSPS) is 11.0. The van der Waals surface area contributed by atoms with Gasteiger partial charge in [-0.15, -0.1) is 0 Å². The van der Waals surface area contributed by atoms with Gasteiger partial charge in [0, 0.05) is 21.8 Å². The molecule has 0 aliphatic rings. The molecule has 11 heteroatoms. The van der Waals surface area contributed by atoms with Crippen LogP contribution in [0.25, 0.3) is 0 Å². The summed E-state index contributed by atoms with van der Waals surface area (Å²) >= 11 is 5.90. The Kier molecular flexibility index (Phi) is 7.49. The molecule has 0 aromatic heterocycles. The first-order chi connectivity index (χ1) is 14.0. The quantitative estimate of drug-likeness (QED) is 0.557. The number of rotatable bonds is 7. The summed E-state index contributed by atoms with van der Waals surface area (Å²) in [7, 11) is 1.42. The Labute approximate surface area is 174 Å². The number of halogens is 5. The van der Waals surface area contributed by atoms with E-state index < -0.39 is 30.4 Å². The van der Waals surface area contributed by atoms with Gasteiger partial charge in [0.15, 0.2) is 0 Å². The summed E-state index contributed by atoms with van der Waals surface area (Å²) < 4.78 is 56.0. The van der Waals surface area contributed by atoms with Crippen molar-refractivity contribution in [3.05, 3.63) is 52.3 Å². The molecule has 2 aromatic rings. The van der Waals surface area contributed by atoms with Crippen LogP contribution in [0.2, 0.25) is 5.02 Å². The van der Waals surface area contributed by atoms with Crippen molar-refractivity contribution in [3.63, 3.8) is 0 Å². The van der Waals surface area contributed by atoms with E-state index in [0.717, 1.165) is 12.1 Å². The second-order valence-electron chi connectivity index (χ2n) is 6.17. The van der Waals surface area contributed by atoms with Gasteiger partial charge in [-0.05, 0) is 37.3 Å². The van der Waals surface area contributed by atoms with Crippen LogP contribution in [0.3, 0.4) is 0 Å². The van der Waals surface area contributed by atoms with E-state index in [9.17, 15) is 27.2 Å². The Balaban J connectivity index is 2.09. The molecule has 2 rings (SSSR count). The van der Waals surface area contributed by atoms with E-state index in [1.54, 1.807) is 17.4 Å². The SMILES string of the molecule is COc1ccc(Cl)cc1NC(=O)CNc1cc(C(=O)NCC(F)(F)F)cc(F)c1C. The molecule has 3 N–H and O–H groups in total. The lowest BCUT2D eigenvalue weighted by molar-refractivity contribution is -0.123. The molecule has 0 radical (unpaired) electrons. The zero-order valence-corrected chi connectivity index (χ0v) is 16.7. The van der Waals surface area contributed by atoms with E-state index in [1.807, 2.05) is 0 Å². The number of hydrogen-bond acceptors (Lipinski definition) is 4. The van der Waals surface area contributed by atoms with Gasteiger partial charge in [-0.3, -0.25) is 9.59 Å². The second-order valence-corrected chi connectivity index (χ2v) is 6.61. The van der Waals surface area contributed by atoms with Gasteiger partial charge >= 0.3 is 6.18 Å². The average Bonchev–Trinajstić information content (AvgIpc) is 2.66. The summed E-state index contributed by atoms with van der Waals surface area (Å²) in [6.07, 6.45) is -4.60. The molecule has 0 heterocycles. The third-order valence-electron chi connectivity index (χ3n) is 3.93. The molecule has 162 valence electrons. The standard InChI is InChI=1S/C19H18ClF4N3O3/c1-10-13(21)5-11(18(29)26-9-19(22,23)24)6-14(10)25-8-17(28)27-15-7-12(20)3-4-16(15)30-2/h3-7,25H,8-9H2,1-2H3,(H,26,29)(H,27,28). The van der Waals surface area contributed by atoms with Gasteiger partial charge in [-0.1, -0.05) is 11.6 Å². The highest BCUT2D eigenvalue weighted by Gasteiger charge is 2.28. The summed E-state index contributed by atoms with van der Waals surface area (Å²) in [6.45, 7) is -0.468. The fourth-order valence-corrected chi connectivity index (χ4v) is 2.60. The third-order valence-corrected chi connectivity index (χ3v) is 4.17. The fourth-order valence-electron chi connectivity index (χ4n) is 2.42. The predicted molar refractivity (Wildman–Crippen MR) is 105 cm³/mol. The van der Waals surface area contributed by atoms with Crippen LogP contribution >= 0.6 is 11.6 Å². The highest BCUT2D eigenvalue weighted by molar-refractivity contribution is 6.31. The smallest absolute Gasteiger partial charge is 0.405 e. The van der Waals surface area contributed by atoms with Gasteiger partial charge < -0.3 is 20.7 Å². The van der Waals surface area contributed by atoms with Crippen molar-refractivity contribution in [3.8, 4) is 5.75 Å². The molecular formula is C19H18ClF4N3O3. The third kappa shape index (κ3) is 6.51. The van der Waals surface area contributed by atoms with Crippen LogP contribution in [0.4, 0.5) is 28.9 Å². The Hall–Kier alpha value is -3.01. The number of ether oxygens (including phenoxy) is 1. The van der Waals surface area contributed by atoms with E-state index in [2.05, 4.69) is 10.6 Å². The van der Waals surface area contributed by atoms with Crippen LogP contribution < -0.4 is 20.7 Å². The van der Waals surface area contributed by atoms with E-state index in [1.165, 1.54) is 20.1 Å². The van der Waals surface area contributed by atoms with Crippen LogP contribution in [0, 0.1) is 12.7 Å². The van der Waals surface area contributed by atoms with Gasteiger partial charge in [0.25, 0.3) is 5.91 Å². The zero-order valence-electron chi connectivity index (χ0n) is 15.9. The molecule has 0 fully saturated rings. The first-order valence-electron chi connectivity index (χ1n) is 8.52. The van der Waals surface area contributed by atoms with Crippen LogP contribution in [-0.2, 0) is 4.79 Å². The largest absolute Gasteiger partial charge is 0.495 e. The van der Waals surface area contributed by atoms with E-state index in [4.69, 9.17) is 16.3 Å². The minimum atomic E-state index is -4.60. The molecule has 6 nitrogen and oxygen atoms in total. The van der Waals surface area contributed by atoms with Crippen LogP contribution in [-0.4, -0.2) is 38.2 Å². The number of anilines is 2. The molecule has 0 bridgehead atoms. The number of carbonyl (C=O) groups excluding carboxylic acids is 2. The van der Waals surface area contributed by atoms with Crippen molar-refractivity contribution in [2.75, 3.05) is 30.8 Å². The number of nitrogens with one attached hydrogen (secondary N) is 3. The van der Waals surface area contributed by atoms with E-state index >= 15 is 0 Å². The Morgan fingerprint density at radius 3 is 2.47 bits per heavy atom. The maximum atomic E-state index is 14.1. The minimum Gasteiger partial charge on any atom is -0.495 e. The summed E-state index contributed by atoms with van der Waals surface area (Å²) in [5, 5.41) is 7.27. The maximum absolute atomic E-state index is 14.1. The lowest BCUT2D eigenvalue weighted by atomic mass is 10.1. The zero-order chi connectivity index (χ0) is 22.5. The van der Waals surface area contributed by atoms with Crippen molar-refractivity contribution in [2.24, 2.45) is 0 Å². The molecule has 0 unspecified atom stereocenters. The molecule has 0 aliphatic heterocycles. The molecule has 0 saturated carbocycles. The lowest BCUT2D eigenvalue weighted by Crippen LogP contribution is -2.33. The molecule has 0 spiro atoms. The van der Waals surface area contributed by atoms with Gasteiger partial charge in [0.1, 0.15) is 18.1 Å². The highest BCUT2D eigenvalue weighted by Crippen LogP contribution is 2.27. The predicted octanol–water partition coefficient (Wildman–Crippen LogP) is 4.14. The second kappa shape index (κ2) is 9.66. The van der Waals surface area contributed by atoms with Crippen LogP contribution in [0.5, 0.6) is 5.75 Å². The van der Waals surface area contributed by atoms with E-state index in [-0.39, 0.29) is 23.4 Å². The van der Waals surface area contributed by atoms with Crippen LogP contribution in [0.15, 0.2) is 30.3 Å². The molecule has 30 heavy (non-hydrogen) atoms. The number of alkyl halides is 3. The topological polar surface area (TPSA) is 79.5 Å². The average molecular weight is 448 g/mol. The van der Waals surface area contributed by atoms with Gasteiger partial charge in [-0.2, -0.15) is 13.2 Å². The lowest BCUT2D eigenvalue weighted by Gasteiger charge is -2.14. The molecule has 0 aliphatic carbocycles. The number of carbonyl (C=O) groups is 2. The number of amides is 2. The molecule has 0 saturated heterocycles. The number of hydrogen-bond donors (Lipinski definition) is 3. The number of methoxy groups -OCH3 is 1. The first-order valence-corrected chi connectivity index (χ1v) is 8.90. The van der Waals surface area contributed by atoms with Crippen molar-refractivity contribution in [1.82, 2.24) is 5.32 Å².